The van der Waals surface area contributed by atoms with Crippen molar-refractivity contribution in [3.05, 3.63) is 59.1 Å². The number of aromatic nitrogens is 1. The number of fused-ring (bicyclic) bond motifs is 1. The van der Waals surface area contributed by atoms with Crippen LogP contribution in [-0.4, -0.2) is 43.0 Å². The number of nitrogens with zero attached hydrogens (tertiary/aromatic N) is 3. The van der Waals surface area contributed by atoms with Crippen LogP contribution in [0.5, 0.6) is 0 Å². The molecule has 1 atom stereocenters. The highest BCUT2D eigenvalue weighted by Gasteiger charge is 2.32. The topological polar surface area (TPSA) is 75.8 Å². The molecule has 2 heterocycles. The van der Waals surface area contributed by atoms with E-state index in [0.717, 1.165) is 5.69 Å². The molecule has 0 bridgehead atoms. The number of piperazine rings is 1. The fourth-order valence-corrected chi connectivity index (χ4v) is 5.10. The van der Waals surface area contributed by atoms with E-state index < -0.39 is 15.8 Å². The number of anilines is 1. The van der Waals surface area contributed by atoms with Crippen molar-refractivity contribution in [1.82, 2.24) is 8.87 Å². The van der Waals surface area contributed by atoms with Gasteiger partial charge in [-0.25, -0.2) is 13.2 Å². The summed E-state index contributed by atoms with van der Waals surface area (Å²) < 4.78 is 34.2. The third-order valence-electron chi connectivity index (χ3n) is 5.08. The standard InChI is InChI=1S/C19H21N3O4S/c1-14-13-21(10-11-22(14)15-6-4-3-5-7-15)27(24,25)16-8-9-17-18(12-16)26-19(23)20(17)2/h3-9,12,14H,10-11,13H2,1-2H3. The zero-order valence-corrected chi connectivity index (χ0v) is 16.0. The van der Waals surface area contributed by atoms with Crippen LogP contribution < -0.4 is 10.7 Å². The van der Waals surface area contributed by atoms with Crippen molar-refractivity contribution in [2.75, 3.05) is 24.5 Å². The highest BCUT2D eigenvalue weighted by Crippen LogP contribution is 2.26. The first-order valence-electron chi connectivity index (χ1n) is 8.79. The average Bonchev–Trinajstić information content (AvgIpc) is 2.96. The number of oxazole rings is 1. The molecule has 7 nitrogen and oxygen atoms in total. The van der Waals surface area contributed by atoms with Crippen LogP contribution in [0.4, 0.5) is 5.69 Å². The Bertz CT molecular complexity index is 1130. The number of hydrogen-bond donors (Lipinski definition) is 0. The average molecular weight is 387 g/mol. The van der Waals surface area contributed by atoms with Crippen LogP contribution in [-0.2, 0) is 17.1 Å². The second kappa shape index (κ2) is 6.54. The van der Waals surface area contributed by atoms with Gasteiger partial charge in [0.25, 0.3) is 0 Å². The maximum atomic E-state index is 13.1. The van der Waals surface area contributed by atoms with Gasteiger partial charge >= 0.3 is 5.76 Å². The summed E-state index contributed by atoms with van der Waals surface area (Å²) >= 11 is 0. The Balaban J connectivity index is 1.61. The SMILES string of the molecule is CC1CN(S(=O)(=O)c2ccc3c(c2)oc(=O)n3C)CCN1c1ccccc1. The summed E-state index contributed by atoms with van der Waals surface area (Å²) in [5.41, 5.74) is 1.94. The van der Waals surface area contributed by atoms with Gasteiger partial charge in [0, 0.05) is 44.5 Å². The maximum absolute atomic E-state index is 13.1. The van der Waals surface area contributed by atoms with E-state index >= 15 is 0 Å². The van der Waals surface area contributed by atoms with Gasteiger partial charge in [0.15, 0.2) is 5.58 Å². The fraction of sp³-hybridized carbons (Fsp3) is 0.316. The van der Waals surface area contributed by atoms with Crippen molar-refractivity contribution >= 4 is 26.8 Å². The van der Waals surface area contributed by atoms with Gasteiger partial charge in [-0.15, -0.1) is 0 Å². The second-order valence-electron chi connectivity index (χ2n) is 6.80. The lowest BCUT2D eigenvalue weighted by Crippen LogP contribution is -2.53. The molecule has 27 heavy (non-hydrogen) atoms. The van der Waals surface area contributed by atoms with Crippen molar-refractivity contribution in [2.24, 2.45) is 7.05 Å². The summed E-state index contributed by atoms with van der Waals surface area (Å²) in [6.07, 6.45) is 0. The molecule has 0 N–H and O–H groups in total. The number of benzene rings is 2. The second-order valence-corrected chi connectivity index (χ2v) is 8.74. The van der Waals surface area contributed by atoms with Crippen LogP contribution in [0.15, 0.2) is 62.6 Å². The molecular weight excluding hydrogens is 366 g/mol. The number of rotatable bonds is 3. The van der Waals surface area contributed by atoms with E-state index in [-0.39, 0.29) is 16.5 Å². The molecular formula is C19H21N3O4S. The van der Waals surface area contributed by atoms with Crippen LogP contribution in [0.1, 0.15) is 6.92 Å². The first-order valence-corrected chi connectivity index (χ1v) is 10.2. The van der Waals surface area contributed by atoms with Crippen molar-refractivity contribution in [3.8, 4) is 0 Å². The summed E-state index contributed by atoms with van der Waals surface area (Å²) in [7, 11) is -2.07. The Morgan fingerprint density at radius 2 is 1.81 bits per heavy atom. The minimum Gasteiger partial charge on any atom is -0.408 e. The van der Waals surface area contributed by atoms with Gasteiger partial charge < -0.3 is 9.32 Å². The maximum Gasteiger partial charge on any atom is 0.419 e. The van der Waals surface area contributed by atoms with Crippen LogP contribution in [0, 0.1) is 0 Å². The predicted molar refractivity (Wildman–Crippen MR) is 103 cm³/mol. The third kappa shape index (κ3) is 3.04. The molecule has 8 heteroatoms. The summed E-state index contributed by atoms with van der Waals surface area (Å²) in [4.78, 5) is 14.0. The Morgan fingerprint density at radius 1 is 1.07 bits per heavy atom. The van der Waals surface area contributed by atoms with Gasteiger partial charge in [0.2, 0.25) is 10.0 Å². The third-order valence-corrected chi connectivity index (χ3v) is 6.94. The summed E-state index contributed by atoms with van der Waals surface area (Å²) in [6.45, 7) is 3.44. The largest absolute Gasteiger partial charge is 0.419 e. The first-order chi connectivity index (χ1) is 12.9. The van der Waals surface area contributed by atoms with E-state index in [1.807, 2.05) is 37.3 Å². The van der Waals surface area contributed by atoms with E-state index in [1.165, 1.54) is 21.0 Å². The summed E-state index contributed by atoms with van der Waals surface area (Å²) in [6, 6.07) is 14.6. The van der Waals surface area contributed by atoms with E-state index in [1.54, 1.807) is 13.1 Å². The minimum absolute atomic E-state index is 0.0503. The van der Waals surface area contributed by atoms with Gasteiger partial charge in [0.05, 0.1) is 10.4 Å². The number of sulfonamides is 1. The lowest BCUT2D eigenvalue weighted by Gasteiger charge is -2.40. The van der Waals surface area contributed by atoms with Crippen LogP contribution >= 0.6 is 0 Å². The van der Waals surface area contributed by atoms with Gasteiger partial charge in [-0.1, -0.05) is 18.2 Å². The quantitative estimate of drug-likeness (QED) is 0.687. The Morgan fingerprint density at radius 3 is 2.52 bits per heavy atom. The van der Waals surface area contributed by atoms with Crippen LogP contribution in [0.25, 0.3) is 11.1 Å². The van der Waals surface area contributed by atoms with Crippen molar-refractivity contribution in [1.29, 1.82) is 0 Å². The lowest BCUT2D eigenvalue weighted by atomic mass is 10.2. The zero-order valence-electron chi connectivity index (χ0n) is 15.2. The normalized spacial score (nSPS) is 18.9. The highest BCUT2D eigenvalue weighted by molar-refractivity contribution is 7.89. The zero-order chi connectivity index (χ0) is 19.2. The molecule has 0 radical (unpaired) electrons. The molecule has 1 unspecified atom stereocenters. The Hall–Kier alpha value is -2.58. The molecule has 1 aliphatic rings. The molecule has 1 aromatic heterocycles. The molecule has 3 aromatic rings. The Kier molecular flexibility index (Phi) is 4.32. The molecule has 1 saturated heterocycles. The van der Waals surface area contributed by atoms with Crippen LogP contribution in [0.2, 0.25) is 0 Å². The van der Waals surface area contributed by atoms with Crippen molar-refractivity contribution in [2.45, 2.75) is 17.9 Å². The van der Waals surface area contributed by atoms with Gasteiger partial charge in [-0.05, 0) is 31.2 Å². The van der Waals surface area contributed by atoms with Gasteiger partial charge in [-0.3, -0.25) is 4.57 Å². The van der Waals surface area contributed by atoms with Gasteiger partial charge in [-0.2, -0.15) is 4.31 Å². The molecule has 2 aromatic carbocycles. The summed E-state index contributed by atoms with van der Waals surface area (Å²) in [5, 5.41) is 0. The smallest absolute Gasteiger partial charge is 0.408 e. The van der Waals surface area contributed by atoms with Gasteiger partial charge in [0.1, 0.15) is 0 Å². The molecule has 4 rings (SSSR count). The number of hydrogen-bond acceptors (Lipinski definition) is 5. The molecule has 1 fully saturated rings. The molecule has 142 valence electrons. The first kappa shape index (κ1) is 17.8. The van der Waals surface area contributed by atoms with Crippen molar-refractivity contribution in [3.63, 3.8) is 0 Å². The number of aryl methyl sites for hydroxylation is 1. The summed E-state index contributed by atoms with van der Waals surface area (Å²) in [5.74, 6) is -0.510. The molecule has 0 amide bonds. The number of para-hydroxylation sites is 1. The monoisotopic (exact) mass is 387 g/mol. The highest BCUT2D eigenvalue weighted by atomic mass is 32.2. The van der Waals surface area contributed by atoms with E-state index in [0.29, 0.717) is 25.2 Å². The van der Waals surface area contributed by atoms with Crippen molar-refractivity contribution < 1.29 is 12.8 Å². The molecule has 0 saturated carbocycles. The Labute approximate surface area is 157 Å². The molecule has 0 aliphatic carbocycles. The molecule has 1 aliphatic heterocycles. The van der Waals surface area contributed by atoms with Crippen LogP contribution in [0.3, 0.4) is 0 Å². The fourth-order valence-electron chi connectivity index (χ4n) is 3.57. The van der Waals surface area contributed by atoms with E-state index in [4.69, 9.17) is 4.42 Å². The lowest BCUT2D eigenvalue weighted by molar-refractivity contribution is 0.342. The molecule has 0 spiro atoms. The predicted octanol–water partition coefficient (Wildman–Crippen LogP) is 2.03. The van der Waals surface area contributed by atoms with E-state index in [9.17, 15) is 13.2 Å². The van der Waals surface area contributed by atoms with E-state index in [2.05, 4.69) is 4.90 Å². The minimum atomic E-state index is -3.66.